The Morgan fingerprint density at radius 1 is 1.36 bits per heavy atom. The zero-order valence-corrected chi connectivity index (χ0v) is 13.2. The molecule has 1 aromatic rings. The summed E-state index contributed by atoms with van der Waals surface area (Å²) >= 11 is 0. The number of alkyl halides is 3. The Labute approximate surface area is 129 Å². The Morgan fingerprint density at radius 3 is 2.55 bits per heavy atom. The molecule has 0 spiro atoms. The molecular weight excluding hydrogens is 293 g/mol. The van der Waals surface area contributed by atoms with Gasteiger partial charge in [-0.3, -0.25) is 0 Å². The first kappa shape index (κ1) is 18.6. The Kier molecular flexibility index (Phi) is 7.00. The lowest BCUT2D eigenvalue weighted by Gasteiger charge is -2.19. The molecule has 0 aliphatic heterocycles. The lowest BCUT2D eigenvalue weighted by Crippen LogP contribution is -2.27. The first-order valence-corrected chi connectivity index (χ1v) is 7.49. The molecule has 2 atom stereocenters. The van der Waals surface area contributed by atoms with Crippen molar-refractivity contribution in [2.45, 2.75) is 46.3 Å². The van der Waals surface area contributed by atoms with Gasteiger partial charge in [0, 0.05) is 18.2 Å². The van der Waals surface area contributed by atoms with Gasteiger partial charge < -0.3 is 10.1 Å². The van der Waals surface area contributed by atoms with Gasteiger partial charge in [-0.2, -0.15) is 13.2 Å². The molecule has 124 valence electrons. The number of hydrogen-bond acceptors (Lipinski definition) is 3. The molecule has 22 heavy (non-hydrogen) atoms. The number of carbonyl (C=O) groups excluding carboxylic acids is 1. The van der Waals surface area contributed by atoms with E-state index in [1.165, 1.54) is 6.07 Å². The Morgan fingerprint density at radius 2 is 2.05 bits per heavy atom. The molecule has 1 aromatic heterocycles. The maximum absolute atomic E-state index is 12.5. The van der Waals surface area contributed by atoms with Crippen LogP contribution in [0.15, 0.2) is 12.1 Å². The van der Waals surface area contributed by atoms with Crippen molar-refractivity contribution < 1.29 is 18.0 Å². The summed E-state index contributed by atoms with van der Waals surface area (Å²) in [6.07, 6.45) is -1.62. The van der Waals surface area contributed by atoms with Crippen molar-refractivity contribution in [1.82, 2.24) is 10.3 Å². The smallest absolute Gasteiger partial charge is 0.312 e. The molecule has 0 saturated heterocycles. The zero-order valence-electron chi connectivity index (χ0n) is 13.2. The Hall–Kier alpha value is -1.43. The van der Waals surface area contributed by atoms with Crippen molar-refractivity contribution in [3.63, 3.8) is 0 Å². The van der Waals surface area contributed by atoms with E-state index in [1.54, 1.807) is 6.92 Å². The number of carbonyl (C=O) groups is 1. The molecule has 0 aromatic carbocycles. The minimum atomic E-state index is -4.41. The first-order chi connectivity index (χ1) is 10.3. The average Bonchev–Trinajstić information content (AvgIpc) is 2.45. The van der Waals surface area contributed by atoms with Crippen LogP contribution >= 0.6 is 0 Å². The van der Waals surface area contributed by atoms with Gasteiger partial charge in [-0.1, -0.05) is 26.3 Å². The van der Waals surface area contributed by atoms with Gasteiger partial charge in [-0.25, -0.2) is 4.98 Å². The molecule has 0 fully saturated rings. The van der Waals surface area contributed by atoms with Crippen molar-refractivity contribution >= 4 is 6.29 Å². The second-order valence-electron chi connectivity index (χ2n) is 5.64. The molecular formula is C16H23F3N2O. The Bertz CT molecular complexity index is 489. The second-order valence-corrected chi connectivity index (χ2v) is 5.64. The molecule has 0 aliphatic rings. The van der Waals surface area contributed by atoms with E-state index in [-0.39, 0.29) is 11.8 Å². The number of nitrogens with one attached hydrogen (secondary N) is 1. The van der Waals surface area contributed by atoms with Gasteiger partial charge in [0.2, 0.25) is 0 Å². The normalized spacial score (nSPS) is 14.6. The molecule has 1 heterocycles. The van der Waals surface area contributed by atoms with Crippen molar-refractivity contribution in [3.05, 3.63) is 29.1 Å². The summed E-state index contributed by atoms with van der Waals surface area (Å²) in [6, 6.07) is 2.45. The SMILES string of the molecule is CCCC(C=O)C(C)CNCc1ccc(C(F)(F)F)nc1C. The third-order valence-electron chi connectivity index (χ3n) is 3.80. The number of pyridine rings is 1. The van der Waals surface area contributed by atoms with Gasteiger partial charge in [0.1, 0.15) is 12.0 Å². The first-order valence-electron chi connectivity index (χ1n) is 7.49. The van der Waals surface area contributed by atoms with Crippen LogP contribution in [0, 0.1) is 18.8 Å². The largest absolute Gasteiger partial charge is 0.433 e. The maximum atomic E-state index is 12.5. The molecule has 0 radical (unpaired) electrons. The summed E-state index contributed by atoms with van der Waals surface area (Å²) in [6.45, 7) is 6.69. The van der Waals surface area contributed by atoms with Gasteiger partial charge in [0.15, 0.2) is 0 Å². The summed E-state index contributed by atoms with van der Waals surface area (Å²) in [5.41, 5.74) is 0.236. The van der Waals surface area contributed by atoms with Gasteiger partial charge in [-0.05, 0) is 37.4 Å². The van der Waals surface area contributed by atoms with Crippen LogP contribution in [0.4, 0.5) is 13.2 Å². The summed E-state index contributed by atoms with van der Waals surface area (Å²) in [5, 5.41) is 3.19. The quantitative estimate of drug-likeness (QED) is 0.743. The maximum Gasteiger partial charge on any atom is 0.433 e. The van der Waals surface area contributed by atoms with E-state index in [4.69, 9.17) is 0 Å². The van der Waals surface area contributed by atoms with E-state index in [2.05, 4.69) is 10.3 Å². The fourth-order valence-electron chi connectivity index (χ4n) is 2.34. The summed E-state index contributed by atoms with van der Waals surface area (Å²) < 4.78 is 37.6. The molecule has 1 rings (SSSR count). The number of rotatable bonds is 8. The number of halogens is 3. The van der Waals surface area contributed by atoms with E-state index in [0.29, 0.717) is 18.8 Å². The molecule has 0 aliphatic carbocycles. The van der Waals surface area contributed by atoms with Crippen LogP contribution in [0.25, 0.3) is 0 Å². The van der Waals surface area contributed by atoms with Crippen molar-refractivity contribution in [3.8, 4) is 0 Å². The van der Waals surface area contributed by atoms with Crippen LogP contribution in [0.3, 0.4) is 0 Å². The van der Waals surface area contributed by atoms with Crippen LogP contribution in [-0.2, 0) is 17.5 Å². The van der Waals surface area contributed by atoms with E-state index >= 15 is 0 Å². The van der Waals surface area contributed by atoms with E-state index in [9.17, 15) is 18.0 Å². The van der Waals surface area contributed by atoms with Crippen LogP contribution in [0.2, 0.25) is 0 Å². The molecule has 3 nitrogen and oxygen atoms in total. The molecule has 2 unspecified atom stereocenters. The predicted octanol–water partition coefficient (Wildman–Crippen LogP) is 3.75. The fraction of sp³-hybridized carbons (Fsp3) is 0.625. The van der Waals surface area contributed by atoms with Gasteiger partial charge in [0.05, 0.1) is 0 Å². The molecule has 1 N–H and O–H groups in total. The topological polar surface area (TPSA) is 42.0 Å². The summed E-state index contributed by atoms with van der Waals surface area (Å²) in [7, 11) is 0. The highest BCUT2D eigenvalue weighted by atomic mass is 19.4. The number of aromatic nitrogens is 1. The average molecular weight is 316 g/mol. The minimum absolute atomic E-state index is 0.0179. The van der Waals surface area contributed by atoms with Gasteiger partial charge in [0.25, 0.3) is 0 Å². The third kappa shape index (κ3) is 5.40. The number of aldehydes is 1. The highest BCUT2D eigenvalue weighted by Gasteiger charge is 2.32. The highest BCUT2D eigenvalue weighted by Crippen LogP contribution is 2.28. The standard InChI is InChI=1S/C16H23F3N2O/c1-4-5-14(10-22)11(2)8-20-9-13-6-7-15(16(17,18)19)21-12(13)3/h6-7,10-11,14,20H,4-5,8-9H2,1-3H3. The minimum Gasteiger partial charge on any atom is -0.312 e. The van der Waals surface area contributed by atoms with Crippen molar-refractivity contribution in [2.24, 2.45) is 11.8 Å². The number of aryl methyl sites for hydroxylation is 1. The molecule has 0 bridgehead atoms. The van der Waals surface area contributed by atoms with Crippen LogP contribution in [0.5, 0.6) is 0 Å². The van der Waals surface area contributed by atoms with Crippen LogP contribution in [-0.4, -0.2) is 17.8 Å². The Balaban J connectivity index is 2.57. The molecule has 6 heteroatoms. The molecule has 0 amide bonds. The molecule has 0 saturated carbocycles. The number of nitrogens with zero attached hydrogens (tertiary/aromatic N) is 1. The lowest BCUT2D eigenvalue weighted by atomic mass is 9.91. The summed E-state index contributed by atoms with van der Waals surface area (Å²) in [4.78, 5) is 14.6. The van der Waals surface area contributed by atoms with Crippen molar-refractivity contribution in [1.29, 1.82) is 0 Å². The monoisotopic (exact) mass is 316 g/mol. The van der Waals surface area contributed by atoms with E-state index < -0.39 is 11.9 Å². The van der Waals surface area contributed by atoms with Gasteiger partial charge >= 0.3 is 6.18 Å². The van der Waals surface area contributed by atoms with Crippen LogP contribution in [0.1, 0.15) is 43.6 Å². The number of hydrogen-bond donors (Lipinski definition) is 1. The van der Waals surface area contributed by atoms with Crippen molar-refractivity contribution in [2.75, 3.05) is 6.54 Å². The predicted molar refractivity (Wildman–Crippen MR) is 79.3 cm³/mol. The fourth-order valence-corrected chi connectivity index (χ4v) is 2.34. The second kappa shape index (κ2) is 8.27. The highest BCUT2D eigenvalue weighted by molar-refractivity contribution is 5.53. The van der Waals surface area contributed by atoms with E-state index in [1.807, 2.05) is 13.8 Å². The summed E-state index contributed by atoms with van der Waals surface area (Å²) in [5.74, 6) is 0.212. The van der Waals surface area contributed by atoms with Crippen LogP contribution < -0.4 is 5.32 Å². The zero-order chi connectivity index (χ0) is 16.8. The van der Waals surface area contributed by atoms with Gasteiger partial charge in [-0.15, -0.1) is 0 Å². The third-order valence-corrected chi connectivity index (χ3v) is 3.80. The van der Waals surface area contributed by atoms with E-state index in [0.717, 1.165) is 30.8 Å². The lowest BCUT2D eigenvalue weighted by molar-refractivity contribution is -0.141.